The molecule has 0 bridgehead atoms. The van der Waals surface area contributed by atoms with E-state index in [9.17, 15) is 0 Å². The fourth-order valence-corrected chi connectivity index (χ4v) is 8.15. The average Bonchev–Trinajstić information content (AvgIpc) is 3.41. The van der Waals surface area contributed by atoms with Crippen molar-refractivity contribution in [3.8, 4) is 113 Å². The van der Waals surface area contributed by atoms with Crippen molar-refractivity contribution >= 4 is 0 Å². The number of hydrogen-bond acceptors (Lipinski definition) is 8. The molecule has 0 spiro atoms. The number of rotatable bonds is 10. The summed E-state index contributed by atoms with van der Waals surface area (Å²) in [6.07, 6.45) is 3.63. The smallest absolute Gasteiger partial charge is 0.164 e. The van der Waals surface area contributed by atoms with Gasteiger partial charge >= 0.3 is 0 Å². The summed E-state index contributed by atoms with van der Waals surface area (Å²) in [4.78, 5) is 39.8. The topological polar surface area (TPSA) is 103 Å². The zero-order valence-corrected chi connectivity index (χ0v) is 35.5. The molecule has 0 amide bonds. The molecule has 11 rings (SSSR count). The fraction of sp³-hybridized carbons (Fsp3) is 0. The standard InChI is InChI=1S/C58H38N8/c1-4-18-40(19-5-1)53-61-56(64-57(63-53)45-25-16-24-44(38-45)50-30-12-14-36-59-50)43-34-32-39(33-35-43)52-47(28-17-29-49(52)51-31-13-15-37-60-51)46-26-10-11-27-48(46)58-65-54(41-20-6-2-7-21-41)62-55(66-58)42-22-8-3-9-23-42/h1-38H. The van der Waals surface area contributed by atoms with Crippen molar-refractivity contribution in [1.82, 2.24) is 39.9 Å². The molecule has 0 aliphatic carbocycles. The summed E-state index contributed by atoms with van der Waals surface area (Å²) in [6.45, 7) is 0. The van der Waals surface area contributed by atoms with Crippen molar-refractivity contribution in [2.24, 2.45) is 0 Å². The van der Waals surface area contributed by atoms with Crippen LogP contribution in [0.2, 0.25) is 0 Å². The Hall–Kier alpha value is -9.14. The molecule has 0 saturated heterocycles. The van der Waals surface area contributed by atoms with Crippen LogP contribution in [0.15, 0.2) is 231 Å². The SMILES string of the molecule is c1ccc(-c2nc(-c3ccc(-c4c(-c5ccccn5)cccc4-c4ccccc4-c4nc(-c5ccccc5)nc(-c5ccccc5)n4)cc3)nc(-c3cccc(-c4ccccn4)c3)n2)cc1. The first-order chi connectivity index (χ1) is 32.7. The second-order valence-corrected chi connectivity index (χ2v) is 15.6. The first-order valence-corrected chi connectivity index (χ1v) is 21.7. The molecular formula is C58H38N8. The number of benzene rings is 7. The first kappa shape index (κ1) is 39.7. The highest BCUT2D eigenvalue weighted by Gasteiger charge is 2.21. The Balaban J connectivity index is 1.05. The number of aromatic nitrogens is 8. The Morgan fingerprint density at radius 3 is 1.14 bits per heavy atom. The van der Waals surface area contributed by atoms with Gasteiger partial charge in [0.2, 0.25) is 0 Å². The lowest BCUT2D eigenvalue weighted by atomic mass is 9.87. The predicted octanol–water partition coefficient (Wildman–Crippen LogP) is 13.5. The van der Waals surface area contributed by atoms with Gasteiger partial charge in [-0.3, -0.25) is 9.97 Å². The normalized spacial score (nSPS) is 11.0. The fourth-order valence-electron chi connectivity index (χ4n) is 8.15. The third kappa shape index (κ3) is 8.14. The Morgan fingerprint density at radius 2 is 0.591 bits per heavy atom. The molecule has 0 saturated carbocycles. The summed E-state index contributed by atoms with van der Waals surface area (Å²) in [5, 5.41) is 0. The van der Waals surface area contributed by atoms with Crippen molar-refractivity contribution < 1.29 is 0 Å². The second-order valence-electron chi connectivity index (χ2n) is 15.6. The molecule has 0 atom stereocenters. The van der Waals surface area contributed by atoms with Crippen LogP contribution in [0, 0.1) is 0 Å². The zero-order chi connectivity index (χ0) is 44.1. The Kier molecular flexibility index (Phi) is 10.8. The molecule has 11 aromatic rings. The molecule has 0 aliphatic rings. The van der Waals surface area contributed by atoms with Crippen LogP contribution in [0.25, 0.3) is 113 Å². The van der Waals surface area contributed by atoms with E-state index >= 15 is 0 Å². The molecule has 8 heteroatoms. The number of nitrogens with zero attached hydrogens (tertiary/aromatic N) is 8. The average molecular weight is 847 g/mol. The van der Waals surface area contributed by atoms with E-state index in [1.165, 1.54) is 0 Å². The first-order valence-electron chi connectivity index (χ1n) is 21.7. The predicted molar refractivity (Wildman–Crippen MR) is 263 cm³/mol. The quantitative estimate of drug-likeness (QED) is 0.134. The minimum atomic E-state index is 0.565. The molecule has 0 radical (unpaired) electrons. The van der Waals surface area contributed by atoms with E-state index in [1.807, 2.05) is 158 Å². The van der Waals surface area contributed by atoms with E-state index in [-0.39, 0.29) is 0 Å². The van der Waals surface area contributed by atoms with E-state index in [4.69, 9.17) is 34.9 Å². The zero-order valence-electron chi connectivity index (χ0n) is 35.5. The minimum Gasteiger partial charge on any atom is -0.256 e. The van der Waals surface area contributed by atoms with Gasteiger partial charge in [0, 0.05) is 56.9 Å². The summed E-state index contributed by atoms with van der Waals surface area (Å²) < 4.78 is 0. The summed E-state index contributed by atoms with van der Waals surface area (Å²) in [5.41, 5.74) is 13.0. The summed E-state index contributed by atoms with van der Waals surface area (Å²) >= 11 is 0. The Bertz CT molecular complexity index is 3380. The second kappa shape index (κ2) is 17.9. The lowest BCUT2D eigenvalue weighted by Gasteiger charge is -2.18. The molecule has 66 heavy (non-hydrogen) atoms. The summed E-state index contributed by atoms with van der Waals surface area (Å²) in [7, 11) is 0. The van der Waals surface area contributed by atoms with E-state index in [0.29, 0.717) is 34.9 Å². The molecule has 0 unspecified atom stereocenters. The van der Waals surface area contributed by atoms with E-state index in [2.05, 4.69) is 71.7 Å². The van der Waals surface area contributed by atoms with E-state index < -0.39 is 0 Å². The molecule has 7 aromatic carbocycles. The van der Waals surface area contributed by atoms with E-state index in [0.717, 1.165) is 78.1 Å². The maximum absolute atomic E-state index is 5.14. The van der Waals surface area contributed by atoms with Crippen molar-refractivity contribution in [3.05, 3.63) is 231 Å². The minimum absolute atomic E-state index is 0.565. The van der Waals surface area contributed by atoms with Gasteiger partial charge in [0.1, 0.15) is 0 Å². The van der Waals surface area contributed by atoms with Crippen molar-refractivity contribution in [1.29, 1.82) is 0 Å². The van der Waals surface area contributed by atoms with Gasteiger partial charge in [0.05, 0.1) is 11.4 Å². The van der Waals surface area contributed by atoms with Crippen molar-refractivity contribution in [2.75, 3.05) is 0 Å². The van der Waals surface area contributed by atoms with Crippen LogP contribution in [0.1, 0.15) is 0 Å². The third-order valence-corrected chi connectivity index (χ3v) is 11.3. The van der Waals surface area contributed by atoms with Gasteiger partial charge in [0.15, 0.2) is 34.9 Å². The van der Waals surface area contributed by atoms with Gasteiger partial charge in [0.25, 0.3) is 0 Å². The lowest BCUT2D eigenvalue weighted by molar-refractivity contribution is 1.07. The largest absolute Gasteiger partial charge is 0.256 e. The van der Waals surface area contributed by atoms with Crippen LogP contribution in [-0.2, 0) is 0 Å². The van der Waals surface area contributed by atoms with Crippen LogP contribution in [0.3, 0.4) is 0 Å². The van der Waals surface area contributed by atoms with Crippen LogP contribution < -0.4 is 0 Å². The van der Waals surface area contributed by atoms with Gasteiger partial charge in [-0.05, 0) is 52.6 Å². The molecule has 4 aromatic heterocycles. The molecule has 310 valence electrons. The monoisotopic (exact) mass is 846 g/mol. The highest BCUT2D eigenvalue weighted by molar-refractivity contribution is 5.97. The Morgan fingerprint density at radius 1 is 0.212 bits per heavy atom. The molecule has 4 heterocycles. The van der Waals surface area contributed by atoms with Crippen LogP contribution in [-0.4, -0.2) is 39.9 Å². The number of pyridine rings is 2. The highest BCUT2D eigenvalue weighted by Crippen LogP contribution is 2.43. The van der Waals surface area contributed by atoms with Gasteiger partial charge in [-0.25, -0.2) is 29.9 Å². The molecule has 0 N–H and O–H groups in total. The van der Waals surface area contributed by atoms with Gasteiger partial charge < -0.3 is 0 Å². The summed E-state index contributed by atoms with van der Waals surface area (Å²) in [6, 6.07) is 73.4. The van der Waals surface area contributed by atoms with Crippen LogP contribution >= 0.6 is 0 Å². The van der Waals surface area contributed by atoms with Crippen LogP contribution in [0.5, 0.6) is 0 Å². The molecule has 0 fully saturated rings. The number of hydrogen-bond donors (Lipinski definition) is 0. The molecular weight excluding hydrogens is 809 g/mol. The van der Waals surface area contributed by atoms with Gasteiger partial charge in [-0.2, -0.15) is 0 Å². The maximum Gasteiger partial charge on any atom is 0.164 e. The molecule has 0 aliphatic heterocycles. The molecule has 8 nitrogen and oxygen atoms in total. The van der Waals surface area contributed by atoms with Gasteiger partial charge in [-0.1, -0.05) is 188 Å². The summed E-state index contributed by atoms with van der Waals surface area (Å²) in [5.74, 6) is 3.51. The third-order valence-electron chi connectivity index (χ3n) is 11.3. The Labute approximate surface area is 382 Å². The lowest BCUT2D eigenvalue weighted by Crippen LogP contribution is -2.01. The van der Waals surface area contributed by atoms with Crippen molar-refractivity contribution in [2.45, 2.75) is 0 Å². The van der Waals surface area contributed by atoms with Crippen LogP contribution in [0.4, 0.5) is 0 Å². The maximum atomic E-state index is 5.14. The highest BCUT2D eigenvalue weighted by atomic mass is 15.0. The van der Waals surface area contributed by atoms with E-state index in [1.54, 1.807) is 6.20 Å². The van der Waals surface area contributed by atoms with Gasteiger partial charge in [-0.15, -0.1) is 0 Å². The van der Waals surface area contributed by atoms with Crippen molar-refractivity contribution in [3.63, 3.8) is 0 Å².